The van der Waals surface area contributed by atoms with E-state index in [2.05, 4.69) is 21.3 Å². The fourth-order valence-corrected chi connectivity index (χ4v) is 2.69. The number of halogens is 1. The lowest BCUT2D eigenvalue weighted by molar-refractivity contribution is -0.114. The van der Waals surface area contributed by atoms with Gasteiger partial charge in [-0.3, -0.25) is 15.5 Å². The van der Waals surface area contributed by atoms with Gasteiger partial charge in [0.2, 0.25) is 5.71 Å². The summed E-state index contributed by atoms with van der Waals surface area (Å²) in [4.78, 5) is 23.2. The predicted octanol–water partition coefficient (Wildman–Crippen LogP) is 3.57. The first-order valence-corrected chi connectivity index (χ1v) is 9.36. The summed E-state index contributed by atoms with van der Waals surface area (Å²) in [6.45, 7) is 1.65. The monoisotopic (exact) mass is 439 g/mol. The van der Waals surface area contributed by atoms with Gasteiger partial charge >= 0.3 is 6.09 Å². The second kappa shape index (κ2) is 11.2. The molecule has 0 fully saturated rings. The standard InChI is InChI=1S/C21H18ClN5O4/c1-3-31-21(29)25-20(28)18(12-24)27-26-15-8-9-16(19(10-15)30-2)17(11-23)13-4-6-14(22)7-5-13/h4-10,17,26H,3H2,1-2H3,(H,25,28,29). The number of imide groups is 1. The maximum atomic E-state index is 11.9. The molecule has 0 bridgehead atoms. The number of nitriles is 2. The molecule has 0 aromatic heterocycles. The minimum atomic E-state index is -1.01. The first-order valence-electron chi connectivity index (χ1n) is 8.98. The highest BCUT2D eigenvalue weighted by Gasteiger charge is 2.19. The number of rotatable bonds is 7. The normalized spacial score (nSPS) is 11.5. The third kappa shape index (κ3) is 6.20. The van der Waals surface area contributed by atoms with Gasteiger partial charge in [0.15, 0.2) is 0 Å². The molecule has 0 heterocycles. The lowest BCUT2D eigenvalue weighted by Gasteiger charge is -2.15. The van der Waals surface area contributed by atoms with Gasteiger partial charge in [0.05, 0.1) is 31.4 Å². The van der Waals surface area contributed by atoms with Gasteiger partial charge in [-0.05, 0) is 30.7 Å². The van der Waals surface area contributed by atoms with Crippen LogP contribution in [0.4, 0.5) is 10.5 Å². The molecule has 2 amide bonds. The molecule has 10 heteroatoms. The van der Waals surface area contributed by atoms with E-state index in [1.807, 2.05) is 5.32 Å². The van der Waals surface area contributed by atoms with E-state index < -0.39 is 23.6 Å². The minimum absolute atomic E-state index is 0.0717. The van der Waals surface area contributed by atoms with Crippen molar-refractivity contribution in [3.05, 3.63) is 58.6 Å². The highest BCUT2D eigenvalue weighted by molar-refractivity contribution is 6.46. The summed E-state index contributed by atoms with van der Waals surface area (Å²) in [5.74, 6) is -1.21. The highest BCUT2D eigenvalue weighted by atomic mass is 35.5. The van der Waals surface area contributed by atoms with E-state index in [0.29, 0.717) is 22.0 Å². The molecule has 0 radical (unpaired) electrons. The van der Waals surface area contributed by atoms with Gasteiger partial charge < -0.3 is 9.47 Å². The third-order valence-corrected chi connectivity index (χ3v) is 4.24. The third-order valence-electron chi connectivity index (χ3n) is 3.99. The van der Waals surface area contributed by atoms with Gasteiger partial charge in [0, 0.05) is 16.7 Å². The second-order valence-corrected chi connectivity index (χ2v) is 6.37. The Hall–Kier alpha value is -4.08. The minimum Gasteiger partial charge on any atom is -0.496 e. The molecule has 0 aliphatic carbocycles. The SMILES string of the molecule is CCOC(=O)NC(=O)C(C#N)=NNc1ccc(C(C#N)c2ccc(Cl)cc2)c(OC)c1. The molecule has 0 saturated heterocycles. The van der Waals surface area contributed by atoms with E-state index in [0.717, 1.165) is 5.56 Å². The summed E-state index contributed by atoms with van der Waals surface area (Å²) in [6.07, 6.45) is -0.980. The molecular weight excluding hydrogens is 422 g/mol. The fraction of sp³-hybridized carbons (Fsp3) is 0.190. The molecule has 2 aromatic carbocycles. The van der Waals surface area contributed by atoms with Crippen molar-refractivity contribution in [3.63, 3.8) is 0 Å². The smallest absolute Gasteiger partial charge is 0.414 e. The molecule has 9 nitrogen and oxygen atoms in total. The quantitative estimate of drug-likeness (QED) is 0.497. The van der Waals surface area contributed by atoms with Crippen LogP contribution in [-0.2, 0) is 9.53 Å². The molecule has 1 unspecified atom stereocenters. The van der Waals surface area contributed by atoms with Crippen LogP contribution in [0, 0.1) is 22.7 Å². The number of carbonyl (C=O) groups excluding carboxylic acids is 2. The highest BCUT2D eigenvalue weighted by Crippen LogP contribution is 2.34. The Balaban J connectivity index is 2.24. The number of nitrogens with zero attached hydrogens (tertiary/aromatic N) is 3. The number of methoxy groups -OCH3 is 1. The van der Waals surface area contributed by atoms with E-state index in [1.165, 1.54) is 7.11 Å². The average molecular weight is 440 g/mol. The van der Waals surface area contributed by atoms with Crippen LogP contribution in [0.25, 0.3) is 0 Å². The van der Waals surface area contributed by atoms with Crippen LogP contribution in [0.2, 0.25) is 5.02 Å². The zero-order chi connectivity index (χ0) is 22.8. The largest absolute Gasteiger partial charge is 0.496 e. The Morgan fingerprint density at radius 3 is 2.48 bits per heavy atom. The Bertz CT molecular complexity index is 1070. The van der Waals surface area contributed by atoms with Crippen molar-refractivity contribution in [2.75, 3.05) is 19.1 Å². The van der Waals surface area contributed by atoms with Gasteiger partial charge in [-0.25, -0.2) is 4.79 Å². The molecule has 0 aliphatic heterocycles. The van der Waals surface area contributed by atoms with Gasteiger partial charge in [-0.1, -0.05) is 29.8 Å². The number of hydrogen-bond acceptors (Lipinski definition) is 8. The summed E-state index contributed by atoms with van der Waals surface area (Å²) in [5, 5.41) is 24.9. The van der Waals surface area contributed by atoms with Crippen LogP contribution >= 0.6 is 11.6 Å². The van der Waals surface area contributed by atoms with E-state index in [-0.39, 0.29) is 6.61 Å². The first-order chi connectivity index (χ1) is 14.9. The molecular formula is C21H18ClN5O4. The number of ether oxygens (including phenoxy) is 2. The van der Waals surface area contributed by atoms with E-state index in [1.54, 1.807) is 55.5 Å². The molecule has 0 aliphatic rings. The molecule has 0 spiro atoms. The number of amides is 2. The molecule has 158 valence electrons. The summed E-state index contributed by atoms with van der Waals surface area (Å²) in [6, 6.07) is 15.6. The maximum Gasteiger partial charge on any atom is 0.414 e. The molecule has 2 rings (SSSR count). The first kappa shape index (κ1) is 23.2. The van der Waals surface area contributed by atoms with E-state index >= 15 is 0 Å². The van der Waals surface area contributed by atoms with Crippen LogP contribution in [-0.4, -0.2) is 31.4 Å². The van der Waals surface area contributed by atoms with Crippen molar-refractivity contribution in [2.45, 2.75) is 12.8 Å². The van der Waals surface area contributed by atoms with E-state index in [9.17, 15) is 14.9 Å². The fourth-order valence-electron chi connectivity index (χ4n) is 2.56. The Labute approximate surface area is 183 Å². The van der Waals surface area contributed by atoms with Gasteiger partial charge in [0.25, 0.3) is 5.91 Å². The zero-order valence-corrected chi connectivity index (χ0v) is 17.4. The van der Waals surface area contributed by atoms with Crippen LogP contribution in [0.15, 0.2) is 47.6 Å². The van der Waals surface area contributed by atoms with Gasteiger partial charge in [-0.15, -0.1) is 0 Å². The van der Waals surface area contributed by atoms with Gasteiger partial charge in [0.1, 0.15) is 11.8 Å². The molecule has 2 N–H and O–H groups in total. The van der Waals surface area contributed by atoms with Crippen LogP contribution in [0.1, 0.15) is 24.0 Å². The van der Waals surface area contributed by atoms with Crippen molar-refractivity contribution >= 4 is 35.0 Å². The number of alkyl carbamates (subject to hydrolysis) is 1. The van der Waals surface area contributed by atoms with Crippen LogP contribution < -0.4 is 15.5 Å². The number of benzene rings is 2. The van der Waals surface area contributed by atoms with Gasteiger partial charge in [-0.2, -0.15) is 15.6 Å². The summed E-state index contributed by atoms with van der Waals surface area (Å²) in [7, 11) is 1.45. The lowest BCUT2D eigenvalue weighted by atomic mass is 9.92. The zero-order valence-electron chi connectivity index (χ0n) is 16.7. The second-order valence-electron chi connectivity index (χ2n) is 5.93. The number of hydrogen-bond donors (Lipinski definition) is 2. The van der Waals surface area contributed by atoms with Crippen LogP contribution in [0.3, 0.4) is 0 Å². The average Bonchev–Trinajstić information content (AvgIpc) is 2.76. The lowest BCUT2D eigenvalue weighted by Crippen LogP contribution is -2.36. The number of anilines is 1. The number of carbonyl (C=O) groups is 2. The Morgan fingerprint density at radius 1 is 1.19 bits per heavy atom. The van der Waals surface area contributed by atoms with Crippen molar-refractivity contribution in [1.29, 1.82) is 10.5 Å². The van der Waals surface area contributed by atoms with Crippen molar-refractivity contribution in [3.8, 4) is 17.9 Å². The topological polar surface area (TPSA) is 137 Å². The van der Waals surface area contributed by atoms with Crippen molar-refractivity contribution < 1.29 is 19.1 Å². The maximum absolute atomic E-state index is 11.9. The molecule has 2 aromatic rings. The van der Waals surface area contributed by atoms with E-state index in [4.69, 9.17) is 21.6 Å². The summed E-state index contributed by atoms with van der Waals surface area (Å²) in [5.41, 5.74) is 3.73. The van der Waals surface area contributed by atoms with Crippen molar-refractivity contribution in [2.24, 2.45) is 5.10 Å². The number of hydrazone groups is 1. The molecule has 1 atom stereocenters. The predicted molar refractivity (Wildman–Crippen MR) is 114 cm³/mol. The molecule has 31 heavy (non-hydrogen) atoms. The molecule has 0 saturated carbocycles. The Morgan fingerprint density at radius 2 is 1.90 bits per heavy atom. The van der Waals surface area contributed by atoms with Crippen LogP contribution in [0.5, 0.6) is 5.75 Å². The number of nitrogens with one attached hydrogen (secondary N) is 2. The summed E-state index contributed by atoms with van der Waals surface area (Å²) >= 11 is 5.92. The Kier molecular flexibility index (Phi) is 8.38. The summed E-state index contributed by atoms with van der Waals surface area (Å²) < 4.78 is 9.99. The van der Waals surface area contributed by atoms with Crippen molar-refractivity contribution in [1.82, 2.24) is 5.32 Å².